The second kappa shape index (κ2) is 13.8. The van der Waals surface area contributed by atoms with E-state index in [0.717, 1.165) is 36.7 Å². The summed E-state index contributed by atoms with van der Waals surface area (Å²) < 4.78 is 6.01. The number of para-hydroxylation sites is 1. The van der Waals surface area contributed by atoms with E-state index in [2.05, 4.69) is 22.5 Å². The third kappa shape index (κ3) is 8.61. The highest BCUT2D eigenvalue weighted by molar-refractivity contribution is 14.0. The summed E-state index contributed by atoms with van der Waals surface area (Å²) in [7, 11) is 5.28. The van der Waals surface area contributed by atoms with E-state index < -0.39 is 0 Å². The van der Waals surface area contributed by atoms with E-state index in [9.17, 15) is 4.79 Å². The number of amides is 1. The molecule has 0 saturated carbocycles. The van der Waals surface area contributed by atoms with Gasteiger partial charge in [0.05, 0.1) is 6.54 Å². The zero-order valence-corrected chi connectivity index (χ0v) is 20.6. The zero-order valence-electron chi connectivity index (χ0n) is 18.2. The Morgan fingerprint density at radius 2 is 1.83 bits per heavy atom. The molecular formula is C23H33IN4O2. The van der Waals surface area contributed by atoms with Crippen molar-refractivity contribution in [3.05, 3.63) is 65.7 Å². The van der Waals surface area contributed by atoms with Crippen molar-refractivity contribution < 1.29 is 9.53 Å². The average molecular weight is 524 g/mol. The van der Waals surface area contributed by atoms with Gasteiger partial charge in [0, 0.05) is 33.3 Å². The van der Waals surface area contributed by atoms with Gasteiger partial charge in [0.15, 0.2) is 5.96 Å². The quantitative estimate of drug-likeness (QED) is 0.299. The third-order valence-corrected chi connectivity index (χ3v) is 4.51. The molecule has 0 aliphatic heterocycles. The fraction of sp³-hybridized carbons (Fsp3) is 0.391. The molecule has 0 spiro atoms. The number of nitrogens with one attached hydrogen (secondary N) is 2. The Kier molecular flexibility index (Phi) is 11.9. The Morgan fingerprint density at radius 1 is 1.10 bits per heavy atom. The Bertz CT molecular complexity index is 797. The van der Waals surface area contributed by atoms with Gasteiger partial charge in [-0.15, -0.1) is 24.0 Å². The van der Waals surface area contributed by atoms with Crippen LogP contribution in [0.15, 0.2) is 59.6 Å². The number of benzene rings is 2. The fourth-order valence-corrected chi connectivity index (χ4v) is 2.84. The van der Waals surface area contributed by atoms with E-state index in [1.807, 2.05) is 54.6 Å². The smallest absolute Gasteiger partial charge is 0.253 e. The molecule has 164 valence electrons. The number of aliphatic imine (C=N–C) groups is 1. The number of ether oxygens (including phenoxy) is 1. The van der Waals surface area contributed by atoms with Gasteiger partial charge in [-0.2, -0.15) is 0 Å². The number of guanidine groups is 1. The van der Waals surface area contributed by atoms with Crippen LogP contribution in [0, 0.1) is 0 Å². The van der Waals surface area contributed by atoms with Crippen molar-refractivity contribution in [2.75, 3.05) is 34.2 Å². The molecule has 2 aromatic rings. The van der Waals surface area contributed by atoms with Crippen LogP contribution < -0.4 is 15.4 Å². The molecule has 0 saturated heterocycles. The minimum Gasteiger partial charge on any atom is -0.489 e. The van der Waals surface area contributed by atoms with Crippen molar-refractivity contribution in [1.82, 2.24) is 15.5 Å². The van der Waals surface area contributed by atoms with Gasteiger partial charge in [0.2, 0.25) is 0 Å². The summed E-state index contributed by atoms with van der Waals surface area (Å²) in [5, 5.41) is 6.65. The first kappa shape index (κ1) is 25.7. The molecule has 0 radical (unpaired) electrons. The molecule has 2 aromatic carbocycles. The van der Waals surface area contributed by atoms with Crippen LogP contribution in [0.4, 0.5) is 0 Å². The molecule has 1 atom stereocenters. The summed E-state index contributed by atoms with van der Waals surface area (Å²) in [4.78, 5) is 18.0. The molecule has 1 unspecified atom stereocenters. The molecule has 0 aromatic heterocycles. The summed E-state index contributed by atoms with van der Waals surface area (Å²) in [6.45, 7) is 3.49. The third-order valence-electron chi connectivity index (χ3n) is 4.51. The van der Waals surface area contributed by atoms with Crippen molar-refractivity contribution in [3.8, 4) is 5.75 Å². The minimum atomic E-state index is 0. The van der Waals surface area contributed by atoms with Crippen molar-refractivity contribution in [1.29, 1.82) is 0 Å². The molecular weight excluding hydrogens is 491 g/mol. The molecule has 0 fully saturated rings. The van der Waals surface area contributed by atoms with E-state index in [1.54, 1.807) is 26.0 Å². The molecule has 2 N–H and O–H groups in total. The van der Waals surface area contributed by atoms with Gasteiger partial charge < -0.3 is 20.3 Å². The topological polar surface area (TPSA) is 66.0 Å². The lowest BCUT2D eigenvalue weighted by molar-refractivity contribution is 0.0827. The standard InChI is InChI=1S/C23H32N4O2.HI/c1-5-20(29-21-12-7-6-8-13-21)17-26-23(24-2)25-15-14-18-10-9-11-19(16-18)22(28)27(3)4;/h6-13,16,20H,5,14-15,17H2,1-4H3,(H2,24,25,26);1H. The number of carbonyl (C=O) groups excluding carboxylic acids is 1. The van der Waals surface area contributed by atoms with Crippen LogP contribution in [0.1, 0.15) is 29.3 Å². The lowest BCUT2D eigenvalue weighted by Crippen LogP contribution is -2.43. The van der Waals surface area contributed by atoms with Crippen molar-refractivity contribution in [3.63, 3.8) is 0 Å². The largest absolute Gasteiger partial charge is 0.489 e. The second-order valence-electron chi connectivity index (χ2n) is 6.99. The van der Waals surface area contributed by atoms with Crippen LogP contribution in [0.3, 0.4) is 0 Å². The Labute approximate surface area is 197 Å². The first-order valence-electron chi connectivity index (χ1n) is 10.00. The van der Waals surface area contributed by atoms with Crippen LogP contribution in [-0.2, 0) is 6.42 Å². The highest BCUT2D eigenvalue weighted by Gasteiger charge is 2.10. The molecule has 0 heterocycles. The van der Waals surface area contributed by atoms with Gasteiger partial charge >= 0.3 is 0 Å². The van der Waals surface area contributed by atoms with Crippen LogP contribution >= 0.6 is 24.0 Å². The predicted molar refractivity (Wildman–Crippen MR) is 134 cm³/mol. The van der Waals surface area contributed by atoms with Crippen LogP contribution in [0.2, 0.25) is 0 Å². The molecule has 6 nitrogen and oxygen atoms in total. The second-order valence-corrected chi connectivity index (χ2v) is 6.99. The van der Waals surface area contributed by atoms with E-state index in [0.29, 0.717) is 12.1 Å². The molecule has 0 aliphatic rings. The van der Waals surface area contributed by atoms with Gasteiger partial charge in [-0.1, -0.05) is 37.3 Å². The first-order chi connectivity index (χ1) is 14.0. The summed E-state index contributed by atoms with van der Waals surface area (Å²) in [6, 6.07) is 17.6. The average Bonchev–Trinajstić information content (AvgIpc) is 2.75. The monoisotopic (exact) mass is 524 g/mol. The van der Waals surface area contributed by atoms with Gasteiger partial charge in [0.1, 0.15) is 11.9 Å². The maximum absolute atomic E-state index is 12.1. The molecule has 0 bridgehead atoms. The number of halogens is 1. The number of rotatable bonds is 9. The summed E-state index contributed by atoms with van der Waals surface area (Å²) in [6.07, 6.45) is 1.75. The van der Waals surface area contributed by atoms with Gasteiger partial charge in [-0.05, 0) is 42.7 Å². The van der Waals surface area contributed by atoms with E-state index >= 15 is 0 Å². The van der Waals surface area contributed by atoms with Crippen molar-refractivity contribution >= 4 is 35.8 Å². The number of hydrogen-bond acceptors (Lipinski definition) is 3. The lowest BCUT2D eigenvalue weighted by Gasteiger charge is -2.20. The van der Waals surface area contributed by atoms with Gasteiger partial charge in [-0.3, -0.25) is 9.79 Å². The summed E-state index contributed by atoms with van der Waals surface area (Å²) >= 11 is 0. The van der Waals surface area contributed by atoms with Crippen LogP contribution in [0.25, 0.3) is 0 Å². The zero-order chi connectivity index (χ0) is 21.1. The minimum absolute atomic E-state index is 0. The summed E-state index contributed by atoms with van der Waals surface area (Å²) in [5.74, 6) is 1.62. The van der Waals surface area contributed by atoms with Crippen LogP contribution in [0.5, 0.6) is 5.75 Å². The Hall–Kier alpha value is -2.29. The molecule has 2 rings (SSSR count). The van der Waals surface area contributed by atoms with Crippen molar-refractivity contribution in [2.45, 2.75) is 25.9 Å². The van der Waals surface area contributed by atoms with E-state index in [-0.39, 0.29) is 36.0 Å². The highest BCUT2D eigenvalue weighted by atomic mass is 127. The molecule has 7 heteroatoms. The molecule has 30 heavy (non-hydrogen) atoms. The molecule has 1 amide bonds. The Morgan fingerprint density at radius 3 is 2.47 bits per heavy atom. The summed E-state index contributed by atoms with van der Waals surface area (Å²) in [5.41, 5.74) is 1.82. The number of hydrogen-bond donors (Lipinski definition) is 2. The highest BCUT2D eigenvalue weighted by Crippen LogP contribution is 2.12. The van der Waals surface area contributed by atoms with Crippen LogP contribution in [-0.4, -0.2) is 57.1 Å². The van der Waals surface area contributed by atoms with Gasteiger partial charge in [-0.25, -0.2) is 0 Å². The normalized spacial score (nSPS) is 11.8. The number of carbonyl (C=O) groups is 1. The maximum Gasteiger partial charge on any atom is 0.253 e. The lowest BCUT2D eigenvalue weighted by atomic mass is 10.1. The number of nitrogens with zero attached hydrogens (tertiary/aromatic N) is 2. The fourth-order valence-electron chi connectivity index (χ4n) is 2.84. The van der Waals surface area contributed by atoms with Crippen molar-refractivity contribution in [2.24, 2.45) is 4.99 Å². The molecule has 0 aliphatic carbocycles. The maximum atomic E-state index is 12.1. The van der Waals surface area contributed by atoms with Gasteiger partial charge in [0.25, 0.3) is 5.91 Å². The SMILES string of the molecule is CCC(CNC(=NC)NCCc1cccc(C(=O)N(C)C)c1)Oc1ccccc1.I. The first-order valence-corrected chi connectivity index (χ1v) is 10.00. The van der Waals surface area contributed by atoms with E-state index in [4.69, 9.17) is 4.74 Å². The predicted octanol–water partition coefficient (Wildman–Crippen LogP) is 3.57. The Balaban J connectivity index is 0.00000450. The van der Waals surface area contributed by atoms with E-state index in [1.165, 1.54) is 0 Å².